The Balaban J connectivity index is 1.54. The molecule has 0 aromatic heterocycles. The summed E-state index contributed by atoms with van der Waals surface area (Å²) in [6.45, 7) is 2.22. The van der Waals surface area contributed by atoms with Gasteiger partial charge in [-0.1, -0.05) is 54.6 Å². The Morgan fingerprint density at radius 2 is 1.72 bits per heavy atom. The van der Waals surface area contributed by atoms with E-state index < -0.39 is 6.16 Å². The van der Waals surface area contributed by atoms with Crippen molar-refractivity contribution in [1.82, 2.24) is 0 Å². The first-order valence-electron chi connectivity index (χ1n) is 9.37. The molecule has 29 heavy (non-hydrogen) atoms. The largest absolute Gasteiger partial charge is 0.511 e. The molecule has 148 valence electrons. The number of carboxylic acid groups (broad SMARTS) is 1. The molecule has 4 rings (SSSR count). The van der Waals surface area contributed by atoms with Gasteiger partial charge in [-0.05, 0) is 23.8 Å². The Morgan fingerprint density at radius 3 is 2.55 bits per heavy atom. The molecule has 0 saturated heterocycles. The normalized spacial score (nSPS) is 12.6. The number of fused-ring (bicyclic) bond motifs is 1. The minimum Gasteiger partial charge on any atom is -0.489 e. The zero-order valence-electron chi connectivity index (χ0n) is 15.8. The highest BCUT2D eigenvalue weighted by Crippen LogP contribution is 2.41. The van der Waals surface area contributed by atoms with E-state index in [4.69, 9.17) is 19.3 Å². The summed E-state index contributed by atoms with van der Waals surface area (Å²) in [5, 5.41) is 8.95. The molecule has 3 aromatic carbocycles. The number of para-hydroxylation sites is 2. The van der Waals surface area contributed by atoms with Crippen molar-refractivity contribution in [1.29, 1.82) is 0 Å². The van der Waals surface area contributed by atoms with E-state index in [2.05, 4.69) is 4.90 Å². The van der Waals surface area contributed by atoms with E-state index in [1.807, 2.05) is 60.7 Å². The van der Waals surface area contributed by atoms with Gasteiger partial charge in [0.15, 0.2) is 11.5 Å². The molecular formula is C23H21NO5. The first kappa shape index (κ1) is 18.7. The van der Waals surface area contributed by atoms with E-state index in [-0.39, 0.29) is 5.75 Å². The van der Waals surface area contributed by atoms with E-state index in [9.17, 15) is 4.79 Å². The molecule has 0 fully saturated rings. The summed E-state index contributed by atoms with van der Waals surface area (Å²) in [5.74, 6) is 1.47. The van der Waals surface area contributed by atoms with Crippen LogP contribution in [0.2, 0.25) is 0 Å². The SMILES string of the molecule is O=C(O)Oc1cccc2c1OCCN2Cc1ccccc1OCc1ccccc1. The molecule has 0 amide bonds. The third-order valence-corrected chi connectivity index (χ3v) is 4.67. The lowest BCUT2D eigenvalue weighted by Gasteiger charge is -2.32. The van der Waals surface area contributed by atoms with Crippen LogP contribution in [0.4, 0.5) is 10.5 Å². The molecule has 0 aliphatic carbocycles. The first-order chi connectivity index (χ1) is 14.2. The van der Waals surface area contributed by atoms with Gasteiger partial charge in [-0.3, -0.25) is 0 Å². The van der Waals surface area contributed by atoms with E-state index >= 15 is 0 Å². The Kier molecular flexibility index (Phi) is 5.52. The van der Waals surface area contributed by atoms with Gasteiger partial charge in [0.25, 0.3) is 0 Å². The van der Waals surface area contributed by atoms with Gasteiger partial charge >= 0.3 is 6.16 Å². The number of carbonyl (C=O) groups is 1. The van der Waals surface area contributed by atoms with Crippen molar-refractivity contribution < 1.29 is 24.1 Å². The quantitative estimate of drug-likeness (QED) is 0.484. The molecule has 0 radical (unpaired) electrons. The molecule has 1 N–H and O–H groups in total. The van der Waals surface area contributed by atoms with E-state index in [1.54, 1.807) is 12.1 Å². The number of nitrogens with zero attached hydrogens (tertiary/aromatic N) is 1. The van der Waals surface area contributed by atoms with Crippen molar-refractivity contribution in [2.24, 2.45) is 0 Å². The Hall–Kier alpha value is -3.67. The summed E-state index contributed by atoms with van der Waals surface area (Å²) < 4.78 is 16.6. The maximum Gasteiger partial charge on any atom is 0.511 e. The fraction of sp³-hybridized carbons (Fsp3) is 0.174. The number of hydrogen-bond acceptors (Lipinski definition) is 5. The lowest BCUT2D eigenvalue weighted by molar-refractivity contribution is 0.142. The monoisotopic (exact) mass is 391 g/mol. The zero-order chi connectivity index (χ0) is 20.1. The maximum absolute atomic E-state index is 11.0. The minimum atomic E-state index is -1.36. The standard InChI is InChI=1S/C23H21NO5/c25-23(26)29-21-12-6-10-19-22(21)27-14-13-24(19)15-18-9-4-5-11-20(18)28-16-17-7-2-1-3-8-17/h1-12H,13-16H2,(H,25,26). The van der Waals surface area contributed by atoms with Crippen molar-refractivity contribution in [3.8, 4) is 17.2 Å². The molecule has 0 spiro atoms. The van der Waals surface area contributed by atoms with Crippen molar-refractivity contribution in [3.63, 3.8) is 0 Å². The van der Waals surface area contributed by atoms with Crippen LogP contribution in [0.3, 0.4) is 0 Å². The minimum absolute atomic E-state index is 0.202. The predicted molar refractivity (Wildman–Crippen MR) is 109 cm³/mol. The highest BCUT2D eigenvalue weighted by atomic mass is 16.7. The van der Waals surface area contributed by atoms with Crippen molar-refractivity contribution in [3.05, 3.63) is 83.9 Å². The number of ether oxygens (including phenoxy) is 3. The molecule has 1 heterocycles. The number of rotatable bonds is 6. The van der Waals surface area contributed by atoms with Gasteiger partial charge in [0.1, 0.15) is 19.0 Å². The topological polar surface area (TPSA) is 68.2 Å². The molecule has 0 unspecified atom stereocenters. The van der Waals surface area contributed by atoms with Crippen LogP contribution in [0.1, 0.15) is 11.1 Å². The molecule has 3 aromatic rings. The summed E-state index contributed by atoms with van der Waals surface area (Å²) in [6.07, 6.45) is -1.36. The highest BCUT2D eigenvalue weighted by molar-refractivity contribution is 5.70. The van der Waals surface area contributed by atoms with Crippen LogP contribution in [0.15, 0.2) is 72.8 Å². The average Bonchev–Trinajstić information content (AvgIpc) is 2.74. The second kappa shape index (κ2) is 8.56. The third kappa shape index (κ3) is 4.43. The molecule has 6 heteroatoms. The van der Waals surface area contributed by atoms with Crippen molar-refractivity contribution >= 4 is 11.8 Å². The smallest absolute Gasteiger partial charge is 0.489 e. The Labute approximate surface area is 168 Å². The zero-order valence-corrected chi connectivity index (χ0v) is 15.8. The highest BCUT2D eigenvalue weighted by Gasteiger charge is 2.23. The van der Waals surface area contributed by atoms with Gasteiger partial charge in [-0.15, -0.1) is 0 Å². The molecule has 1 aliphatic rings. The van der Waals surface area contributed by atoms with E-state index in [1.165, 1.54) is 0 Å². The number of anilines is 1. The summed E-state index contributed by atoms with van der Waals surface area (Å²) >= 11 is 0. The summed E-state index contributed by atoms with van der Waals surface area (Å²) in [7, 11) is 0. The predicted octanol–water partition coefficient (Wildman–Crippen LogP) is 4.72. The van der Waals surface area contributed by atoms with Gasteiger partial charge in [0, 0.05) is 12.1 Å². The van der Waals surface area contributed by atoms with E-state index in [0.717, 1.165) is 22.6 Å². The summed E-state index contributed by atoms with van der Waals surface area (Å²) in [6, 6.07) is 23.2. The number of hydrogen-bond donors (Lipinski definition) is 1. The Bertz CT molecular complexity index is 990. The van der Waals surface area contributed by atoms with Crippen molar-refractivity contribution in [2.75, 3.05) is 18.1 Å². The van der Waals surface area contributed by atoms with Gasteiger partial charge in [-0.25, -0.2) is 4.79 Å². The summed E-state index contributed by atoms with van der Waals surface area (Å²) in [4.78, 5) is 13.1. The fourth-order valence-electron chi connectivity index (χ4n) is 3.33. The van der Waals surface area contributed by atoms with Crippen LogP contribution in [-0.4, -0.2) is 24.4 Å². The summed E-state index contributed by atoms with van der Waals surface area (Å²) in [5.41, 5.74) is 2.95. The first-order valence-corrected chi connectivity index (χ1v) is 9.37. The van der Waals surface area contributed by atoms with Crippen LogP contribution in [0, 0.1) is 0 Å². The maximum atomic E-state index is 11.0. The third-order valence-electron chi connectivity index (χ3n) is 4.67. The lowest BCUT2D eigenvalue weighted by Crippen LogP contribution is -2.32. The van der Waals surface area contributed by atoms with Crippen LogP contribution in [0.25, 0.3) is 0 Å². The van der Waals surface area contributed by atoms with Gasteiger partial charge in [-0.2, -0.15) is 0 Å². The fourth-order valence-corrected chi connectivity index (χ4v) is 3.33. The molecule has 0 atom stereocenters. The molecular weight excluding hydrogens is 370 g/mol. The van der Waals surface area contributed by atoms with Gasteiger partial charge in [0.2, 0.25) is 0 Å². The van der Waals surface area contributed by atoms with Crippen LogP contribution < -0.4 is 19.1 Å². The molecule has 1 aliphatic heterocycles. The molecule has 0 saturated carbocycles. The van der Waals surface area contributed by atoms with Crippen molar-refractivity contribution in [2.45, 2.75) is 13.2 Å². The van der Waals surface area contributed by atoms with Gasteiger partial charge in [0.05, 0.1) is 12.2 Å². The molecule has 0 bridgehead atoms. The lowest BCUT2D eigenvalue weighted by atomic mass is 10.1. The second-order valence-corrected chi connectivity index (χ2v) is 6.62. The Morgan fingerprint density at radius 1 is 0.966 bits per heavy atom. The van der Waals surface area contributed by atoms with Gasteiger partial charge < -0.3 is 24.2 Å². The van der Waals surface area contributed by atoms with E-state index in [0.29, 0.717) is 32.1 Å². The number of benzene rings is 3. The van der Waals surface area contributed by atoms with Crippen LogP contribution >= 0.6 is 0 Å². The van der Waals surface area contributed by atoms with Crippen LogP contribution in [0.5, 0.6) is 17.2 Å². The molecule has 6 nitrogen and oxygen atoms in total. The second-order valence-electron chi connectivity index (χ2n) is 6.62. The average molecular weight is 391 g/mol. The van der Waals surface area contributed by atoms with Crippen LogP contribution in [-0.2, 0) is 13.2 Å².